The molecule has 2 aliphatic heterocycles. The Morgan fingerprint density at radius 2 is 1.93 bits per heavy atom. The molecule has 144 valence electrons. The van der Waals surface area contributed by atoms with Gasteiger partial charge in [0, 0.05) is 21.7 Å². The Morgan fingerprint density at radius 3 is 2.64 bits per heavy atom. The molecule has 2 aromatic rings. The fourth-order valence-corrected chi connectivity index (χ4v) is 4.87. The minimum atomic E-state index is -0.434. The number of carbonyl (C=O) groups excluding carboxylic acids is 2. The predicted molar refractivity (Wildman–Crippen MR) is 114 cm³/mol. The molecule has 3 heterocycles. The molecule has 0 saturated carbocycles. The minimum absolute atomic E-state index is 0.137. The van der Waals surface area contributed by atoms with Crippen molar-refractivity contribution in [1.82, 2.24) is 10.3 Å². The monoisotopic (exact) mass is 413 g/mol. The van der Waals surface area contributed by atoms with Gasteiger partial charge in [-0.05, 0) is 29.2 Å². The van der Waals surface area contributed by atoms with Crippen LogP contribution in [-0.4, -0.2) is 28.2 Å². The normalized spacial score (nSPS) is 22.0. The van der Waals surface area contributed by atoms with E-state index >= 15 is 0 Å². The van der Waals surface area contributed by atoms with Gasteiger partial charge >= 0.3 is 6.03 Å². The van der Waals surface area contributed by atoms with Gasteiger partial charge in [-0.3, -0.25) is 9.78 Å². The second-order valence-corrected chi connectivity index (χ2v) is 9.47. The Kier molecular flexibility index (Phi) is 4.71. The van der Waals surface area contributed by atoms with Crippen molar-refractivity contribution in [3.8, 4) is 0 Å². The first kappa shape index (κ1) is 19.0. The third-order valence-corrected chi connectivity index (χ3v) is 6.54. The lowest BCUT2D eigenvalue weighted by Crippen LogP contribution is -2.60. The van der Waals surface area contributed by atoms with E-state index in [1.165, 1.54) is 16.7 Å². The number of benzene rings is 1. The second kappa shape index (κ2) is 6.94. The van der Waals surface area contributed by atoms with Crippen molar-refractivity contribution >= 4 is 45.9 Å². The summed E-state index contributed by atoms with van der Waals surface area (Å²) >= 11 is 7.74. The first-order chi connectivity index (χ1) is 13.3. The van der Waals surface area contributed by atoms with Crippen LogP contribution in [0.15, 0.2) is 48.8 Å². The molecule has 28 heavy (non-hydrogen) atoms. The number of carbonyl (C=O) groups is 2. The molecule has 5 nitrogen and oxygen atoms in total. The van der Waals surface area contributed by atoms with E-state index in [4.69, 9.17) is 11.6 Å². The first-order valence-corrected chi connectivity index (χ1v) is 10.2. The number of nitrogens with zero attached hydrogens (tertiary/aromatic N) is 2. The molecule has 4 rings (SSSR count). The smallest absolute Gasteiger partial charge is 0.329 e. The van der Waals surface area contributed by atoms with Crippen molar-refractivity contribution in [3.05, 3.63) is 65.0 Å². The third-order valence-electron chi connectivity index (χ3n) is 4.86. The summed E-state index contributed by atoms with van der Waals surface area (Å²) in [6.45, 7) is 6.19. The van der Waals surface area contributed by atoms with E-state index in [9.17, 15) is 9.59 Å². The largest absolute Gasteiger partial charge is 0.329 e. The first-order valence-electron chi connectivity index (χ1n) is 8.99. The molecule has 0 bridgehead atoms. The number of amides is 3. The average molecular weight is 414 g/mol. The lowest BCUT2D eigenvalue weighted by Gasteiger charge is -2.33. The van der Waals surface area contributed by atoms with Gasteiger partial charge in [-0.1, -0.05) is 50.6 Å². The van der Waals surface area contributed by atoms with Crippen LogP contribution >= 0.6 is 23.4 Å². The van der Waals surface area contributed by atoms with Gasteiger partial charge in [0.1, 0.15) is 5.25 Å². The van der Waals surface area contributed by atoms with Crippen LogP contribution in [0.25, 0.3) is 4.91 Å². The maximum atomic E-state index is 13.2. The zero-order chi connectivity index (χ0) is 20.1. The molecule has 1 N–H and O–H groups in total. The van der Waals surface area contributed by atoms with Gasteiger partial charge in [0.05, 0.1) is 17.9 Å². The Bertz CT molecular complexity index is 999. The quantitative estimate of drug-likeness (QED) is 0.780. The standard InChI is InChI=1S/C21H20ClN3O2S/c1-21(2,3)12-8-13(11-23-10-12)25-19(26)18-16(24-20(25)27)9-17(28-18)14-6-4-5-7-15(14)22/h4-11,16,18H,1-3H3,(H,24,27). The van der Waals surface area contributed by atoms with Crippen LogP contribution in [-0.2, 0) is 10.2 Å². The summed E-state index contributed by atoms with van der Waals surface area (Å²) in [6, 6.07) is 8.56. The fraction of sp³-hybridized carbons (Fsp3) is 0.286. The summed E-state index contributed by atoms with van der Waals surface area (Å²) in [4.78, 5) is 32.2. The number of imide groups is 1. The number of urea groups is 1. The number of fused-ring (bicyclic) bond motifs is 1. The van der Waals surface area contributed by atoms with E-state index in [2.05, 4.69) is 31.1 Å². The van der Waals surface area contributed by atoms with Gasteiger partial charge in [0.25, 0.3) is 5.91 Å². The molecule has 3 amide bonds. The maximum absolute atomic E-state index is 13.2. The molecule has 7 heteroatoms. The summed E-state index contributed by atoms with van der Waals surface area (Å²) in [6.07, 6.45) is 5.22. The van der Waals surface area contributed by atoms with Crippen LogP contribution in [0.5, 0.6) is 0 Å². The Balaban J connectivity index is 1.64. The van der Waals surface area contributed by atoms with E-state index in [-0.39, 0.29) is 17.4 Å². The number of aromatic nitrogens is 1. The summed E-state index contributed by atoms with van der Waals surface area (Å²) < 4.78 is 0. The van der Waals surface area contributed by atoms with Gasteiger partial charge < -0.3 is 5.32 Å². The number of hydrogen-bond donors (Lipinski definition) is 1. The van der Waals surface area contributed by atoms with Crippen molar-refractivity contribution in [2.45, 2.75) is 37.5 Å². The van der Waals surface area contributed by atoms with E-state index in [1.54, 1.807) is 12.4 Å². The molecule has 1 fully saturated rings. The molecule has 1 saturated heterocycles. The lowest BCUT2D eigenvalue weighted by molar-refractivity contribution is -0.118. The van der Waals surface area contributed by atoms with Crippen molar-refractivity contribution in [3.63, 3.8) is 0 Å². The molecular weight excluding hydrogens is 394 g/mol. The van der Waals surface area contributed by atoms with Gasteiger partial charge in [-0.25, -0.2) is 9.69 Å². The van der Waals surface area contributed by atoms with Crippen LogP contribution in [0.3, 0.4) is 0 Å². The summed E-state index contributed by atoms with van der Waals surface area (Å²) in [7, 11) is 0. The zero-order valence-corrected chi connectivity index (χ0v) is 17.3. The van der Waals surface area contributed by atoms with Crippen LogP contribution in [0.1, 0.15) is 31.9 Å². The predicted octanol–water partition coefficient (Wildman–Crippen LogP) is 4.61. The van der Waals surface area contributed by atoms with E-state index in [1.807, 2.05) is 36.4 Å². The minimum Gasteiger partial charge on any atom is -0.329 e. The lowest BCUT2D eigenvalue weighted by atomic mass is 9.88. The SMILES string of the molecule is CC(C)(C)c1cncc(N2C(=O)NC3C=C(c4ccccc4Cl)SC3C2=O)c1. The van der Waals surface area contributed by atoms with Crippen molar-refractivity contribution < 1.29 is 9.59 Å². The molecule has 0 aliphatic carbocycles. The molecule has 0 spiro atoms. The van der Waals surface area contributed by atoms with Gasteiger partial charge in [-0.15, -0.1) is 11.8 Å². The molecule has 2 aliphatic rings. The van der Waals surface area contributed by atoms with Gasteiger partial charge in [-0.2, -0.15) is 0 Å². The molecule has 2 atom stereocenters. The number of halogens is 1. The molecule has 1 aromatic carbocycles. The van der Waals surface area contributed by atoms with Crippen molar-refractivity contribution in [2.24, 2.45) is 0 Å². The number of nitrogens with one attached hydrogen (secondary N) is 1. The number of anilines is 1. The number of hydrogen-bond acceptors (Lipinski definition) is 4. The third kappa shape index (κ3) is 3.31. The van der Waals surface area contributed by atoms with Crippen molar-refractivity contribution in [1.29, 1.82) is 0 Å². The second-order valence-electron chi connectivity index (χ2n) is 7.88. The highest BCUT2D eigenvalue weighted by Crippen LogP contribution is 2.44. The maximum Gasteiger partial charge on any atom is 0.329 e. The van der Waals surface area contributed by atoms with Crippen LogP contribution in [0.2, 0.25) is 5.02 Å². The molecule has 0 radical (unpaired) electrons. The highest BCUT2D eigenvalue weighted by atomic mass is 35.5. The number of rotatable bonds is 2. The van der Waals surface area contributed by atoms with E-state index in [0.29, 0.717) is 10.7 Å². The summed E-state index contributed by atoms with van der Waals surface area (Å²) in [5, 5.41) is 3.13. The number of pyridine rings is 1. The number of thioether (sulfide) groups is 1. The van der Waals surface area contributed by atoms with Gasteiger partial charge in [0.2, 0.25) is 0 Å². The van der Waals surface area contributed by atoms with Crippen LogP contribution < -0.4 is 10.2 Å². The van der Waals surface area contributed by atoms with Gasteiger partial charge in [0.15, 0.2) is 0 Å². The highest BCUT2D eigenvalue weighted by molar-refractivity contribution is 8.09. The Labute approximate surface area is 173 Å². The van der Waals surface area contributed by atoms with Crippen LogP contribution in [0, 0.1) is 0 Å². The Hall–Kier alpha value is -2.31. The average Bonchev–Trinajstić information content (AvgIpc) is 3.05. The molecular formula is C21H20ClN3O2S. The zero-order valence-electron chi connectivity index (χ0n) is 15.8. The molecule has 2 unspecified atom stereocenters. The van der Waals surface area contributed by atoms with E-state index in [0.717, 1.165) is 16.0 Å². The topological polar surface area (TPSA) is 62.3 Å². The fourth-order valence-electron chi connectivity index (χ4n) is 3.27. The highest BCUT2D eigenvalue weighted by Gasteiger charge is 2.45. The summed E-state index contributed by atoms with van der Waals surface area (Å²) in [5.41, 5.74) is 2.18. The van der Waals surface area contributed by atoms with E-state index < -0.39 is 11.3 Å². The Morgan fingerprint density at radius 1 is 1.18 bits per heavy atom. The van der Waals surface area contributed by atoms with Crippen LogP contribution in [0.4, 0.5) is 10.5 Å². The molecule has 1 aromatic heterocycles. The van der Waals surface area contributed by atoms with Crippen molar-refractivity contribution in [2.75, 3.05) is 4.90 Å². The summed E-state index contributed by atoms with van der Waals surface area (Å²) in [5.74, 6) is -0.245.